The van der Waals surface area contributed by atoms with Gasteiger partial charge in [-0.2, -0.15) is 0 Å². The number of nitrogens with two attached hydrogens (primary N) is 1. The van der Waals surface area contributed by atoms with Crippen molar-refractivity contribution in [3.63, 3.8) is 0 Å². The second kappa shape index (κ2) is 6.40. The number of amides is 1. The molecule has 0 aliphatic heterocycles. The van der Waals surface area contributed by atoms with Crippen molar-refractivity contribution in [2.75, 3.05) is 13.6 Å². The molecule has 0 atom stereocenters. The molecule has 0 unspecified atom stereocenters. The highest BCUT2D eigenvalue weighted by Crippen LogP contribution is 2.19. The summed E-state index contributed by atoms with van der Waals surface area (Å²) < 4.78 is 0. The van der Waals surface area contributed by atoms with Crippen molar-refractivity contribution < 1.29 is 4.79 Å². The van der Waals surface area contributed by atoms with Gasteiger partial charge in [-0.3, -0.25) is 4.79 Å². The molecule has 0 aliphatic rings. The Morgan fingerprint density at radius 1 is 1.42 bits per heavy atom. The quantitative estimate of drug-likeness (QED) is 0.845. The Kier molecular flexibility index (Phi) is 5.14. The van der Waals surface area contributed by atoms with E-state index in [0.29, 0.717) is 12.1 Å². The molecular formula is C16H22N2O. The summed E-state index contributed by atoms with van der Waals surface area (Å²) in [5.41, 5.74) is 6.67. The third-order valence-electron chi connectivity index (χ3n) is 3.52. The number of carbonyl (C=O) groups excluding carboxylic acids is 1. The summed E-state index contributed by atoms with van der Waals surface area (Å²) in [5.74, 6) is 5.76. The third kappa shape index (κ3) is 3.84. The fourth-order valence-electron chi connectivity index (χ4n) is 1.59. The highest BCUT2D eigenvalue weighted by atomic mass is 16.2. The molecule has 1 aromatic carbocycles. The first-order valence-electron chi connectivity index (χ1n) is 6.49. The maximum atomic E-state index is 12.4. The molecule has 0 bridgehead atoms. The summed E-state index contributed by atoms with van der Waals surface area (Å²) in [7, 11) is 1.84. The minimum atomic E-state index is -0.157. The summed E-state index contributed by atoms with van der Waals surface area (Å²) in [6, 6.07) is 7.36. The van der Waals surface area contributed by atoms with Crippen LogP contribution in [0.1, 0.15) is 43.1 Å². The van der Waals surface area contributed by atoms with Gasteiger partial charge in [0.05, 0.1) is 6.54 Å². The van der Waals surface area contributed by atoms with E-state index in [0.717, 1.165) is 12.0 Å². The lowest BCUT2D eigenvalue weighted by Crippen LogP contribution is -2.44. The molecule has 0 fully saturated rings. The molecule has 0 spiro atoms. The van der Waals surface area contributed by atoms with Gasteiger partial charge in [0.25, 0.3) is 5.91 Å². The van der Waals surface area contributed by atoms with Crippen molar-refractivity contribution in [2.24, 2.45) is 5.73 Å². The van der Waals surface area contributed by atoms with Gasteiger partial charge in [0.2, 0.25) is 0 Å². The Morgan fingerprint density at radius 3 is 2.68 bits per heavy atom. The molecule has 0 radical (unpaired) electrons. The van der Waals surface area contributed by atoms with Crippen LogP contribution in [0.15, 0.2) is 24.3 Å². The molecule has 1 amide bonds. The van der Waals surface area contributed by atoms with Crippen LogP contribution in [-0.2, 0) is 0 Å². The lowest BCUT2D eigenvalue weighted by Gasteiger charge is -2.35. The van der Waals surface area contributed by atoms with Gasteiger partial charge in [-0.1, -0.05) is 24.8 Å². The van der Waals surface area contributed by atoms with Crippen LogP contribution in [0, 0.1) is 11.8 Å². The molecule has 3 heteroatoms. The first-order valence-corrected chi connectivity index (χ1v) is 6.49. The Bertz CT molecular complexity index is 509. The highest BCUT2D eigenvalue weighted by Gasteiger charge is 2.26. The lowest BCUT2D eigenvalue weighted by molar-refractivity contribution is 0.0620. The molecule has 2 N–H and O–H groups in total. The topological polar surface area (TPSA) is 46.3 Å². The molecule has 19 heavy (non-hydrogen) atoms. The molecule has 0 aromatic heterocycles. The van der Waals surface area contributed by atoms with Gasteiger partial charge in [0.1, 0.15) is 0 Å². The van der Waals surface area contributed by atoms with E-state index in [4.69, 9.17) is 5.73 Å². The van der Waals surface area contributed by atoms with Gasteiger partial charge in [-0.05, 0) is 38.5 Å². The number of carbonyl (C=O) groups is 1. The zero-order valence-electron chi connectivity index (χ0n) is 12.2. The molecule has 0 heterocycles. The van der Waals surface area contributed by atoms with Gasteiger partial charge in [-0.15, -0.1) is 0 Å². The minimum absolute atomic E-state index is 0.0169. The van der Waals surface area contributed by atoms with Crippen molar-refractivity contribution in [3.8, 4) is 11.8 Å². The van der Waals surface area contributed by atoms with E-state index >= 15 is 0 Å². The summed E-state index contributed by atoms with van der Waals surface area (Å²) in [6.07, 6.45) is 0.905. The first-order chi connectivity index (χ1) is 8.92. The second-order valence-electron chi connectivity index (χ2n) is 5.12. The Labute approximate surface area is 115 Å². The number of hydrogen-bond acceptors (Lipinski definition) is 2. The van der Waals surface area contributed by atoms with E-state index in [1.807, 2.05) is 31.3 Å². The average molecular weight is 258 g/mol. The van der Waals surface area contributed by atoms with Crippen LogP contribution in [0.4, 0.5) is 0 Å². The van der Waals surface area contributed by atoms with E-state index < -0.39 is 0 Å². The van der Waals surface area contributed by atoms with Crippen molar-refractivity contribution in [1.29, 1.82) is 0 Å². The Morgan fingerprint density at radius 2 is 2.11 bits per heavy atom. The number of rotatable bonds is 3. The Balaban J connectivity index is 3.00. The van der Waals surface area contributed by atoms with E-state index in [1.165, 1.54) is 0 Å². The number of hydrogen-bond donors (Lipinski definition) is 1. The lowest BCUT2D eigenvalue weighted by atomic mass is 9.98. The van der Waals surface area contributed by atoms with Crippen LogP contribution in [0.2, 0.25) is 0 Å². The summed E-state index contributed by atoms with van der Waals surface area (Å²) >= 11 is 0. The number of benzene rings is 1. The molecule has 0 saturated carbocycles. The predicted molar refractivity (Wildman–Crippen MR) is 78.8 cm³/mol. The Hall–Kier alpha value is -1.79. The van der Waals surface area contributed by atoms with Crippen LogP contribution in [0.5, 0.6) is 0 Å². The molecule has 102 valence electrons. The maximum Gasteiger partial charge on any atom is 0.254 e. The number of nitrogens with zero attached hydrogens (tertiary/aromatic N) is 1. The fourth-order valence-corrected chi connectivity index (χ4v) is 1.59. The van der Waals surface area contributed by atoms with Crippen LogP contribution in [0.3, 0.4) is 0 Å². The molecule has 1 aromatic rings. The second-order valence-corrected chi connectivity index (χ2v) is 5.12. The van der Waals surface area contributed by atoms with Crippen molar-refractivity contribution >= 4 is 5.91 Å². The molecule has 0 aliphatic carbocycles. The molecular weight excluding hydrogens is 236 g/mol. The smallest absolute Gasteiger partial charge is 0.254 e. The molecule has 1 rings (SSSR count). The average Bonchev–Trinajstić information content (AvgIpc) is 2.43. The van der Waals surface area contributed by atoms with Crippen molar-refractivity contribution in [3.05, 3.63) is 35.4 Å². The standard InChI is InChI=1S/C16H22N2O/c1-5-16(2,3)18(4)15(19)14-10-6-8-13(12-14)9-7-11-17/h6,8,10,12H,5,11,17H2,1-4H3. The van der Waals surface area contributed by atoms with Gasteiger partial charge < -0.3 is 10.6 Å². The van der Waals surface area contributed by atoms with Crippen LogP contribution >= 0.6 is 0 Å². The SMILES string of the molecule is CCC(C)(C)N(C)C(=O)c1cccc(C#CCN)c1. The zero-order valence-corrected chi connectivity index (χ0v) is 12.2. The van der Waals surface area contributed by atoms with Gasteiger partial charge in [-0.25, -0.2) is 0 Å². The van der Waals surface area contributed by atoms with E-state index in [2.05, 4.69) is 32.6 Å². The normalized spacial score (nSPS) is 10.6. The fraction of sp³-hybridized carbons (Fsp3) is 0.438. The minimum Gasteiger partial charge on any atom is -0.337 e. The predicted octanol–water partition coefficient (Wildman–Crippen LogP) is 2.26. The van der Waals surface area contributed by atoms with E-state index in [-0.39, 0.29) is 11.4 Å². The van der Waals surface area contributed by atoms with E-state index in [1.54, 1.807) is 4.90 Å². The van der Waals surface area contributed by atoms with Crippen molar-refractivity contribution in [1.82, 2.24) is 4.90 Å². The van der Waals surface area contributed by atoms with Crippen LogP contribution in [0.25, 0.3) is 0 Å². The summed E-state index contributed by atoms with van der Waals surface area (Å²) in [5, 5.41) is 0. The van der Waals surface area contributed by atoms with Gasteiger partial charge in [0.15, 0.2) is 0 Å². The monoisotopic (exact) mass is 258 g/mol. The molecule has 3 nitrogen and oxygen atoms in total. The van der Waals surface area contributed by atoms with Gasteiger partial charge >= 0.3 is 0 Å². The highest BCUT2D eigenvalue weighted by molar-refractivity contribution is 5.94. The van der Waals surface area contributed by atoms with Crippen molar-refractivity contribution in [2.45, 2.75) is 32.7 Å². The zero-order chi connectivity index (χ0) is 14.5. The van der Waals surface area contributed by atoms with Crippen LogP contribution < -0.4 is 5.73 Å². The third-order valence-corrected chi connectivity index (χ3v) is 3.52. The molecule has 0 saturated heterocycles. The largest absolute Gasteiger partial charge is 0.337 e. The summed E-state index contributed by atoms with van der Waals surface area (Å²) in [6.45, 7) is 6.51. The summed E-state index contributed by atoms with van der Waals surface area (Å²) in [4.78, 5) is 14.2. The van der Waals surface area contributed by atoms with Crippen LogP contribution in [-0.4, -0.2) is 29.9 Å². The van der Waals surface area contributed by atoms with E-state index in [9.17, 15) is 4.79 Å². The maximum absolute atomic E-state index is 12.4. The van der Waals surface area contributed by atoms with Gasteiger partial charge in [0, 0.05) is 23.7 Å². The first kappa shape index (κ1) is 15.3.